The van der Waals surface area contributed by atoms with Crippen LogP contribution in [0.5, 0.6) is 0 Å². The minimum atomic E-state index is -0.243. The van der Waals surface area contributed by atoms with Crippen LogP contribution in [0.3, 0.4) is 0 Å². The number of nitrogens with one attached hydrogen (secondary N) is 1. The van der Waals surface area contributed by atoms with Crippen LogP contribution in [-0.2, 0) is 4.74 Å². The van der Waals surface area contributed by atoms with E-state index in [1.54, 1.807) is 13.2 Å². The molecule has 0 aliphatic carbocycles. The molecule has 17 heavy (non-hydrogen) atoms. The zero-order chi connectivity index (χ0) is 13.1. The Bertz CT molecular complexity index is 382. The Kier molecular flexibility index (Phi) is 4.95. The number of halogens is 2. The van der Waals surface area contributed by atoms with Gasteiger partial charge in [-0.3, -0.25) is 0 Å². The van der Waals surface area contributed by atoms with E-state index in [1.165, 1.54) is 12.1 Å². The van der Waals surface area contributed by atoms with Gasteiger partial charge < -0.3 is 10.1 Å². The molecule has 0 saturated carbocycles. The van der Waals surface area contributed by atoms with Gasteiger partial charge in [-0.15, -0.1) is 0 Å². The summed E-state index contributed by atoms with van der Waals surface area (Å²) in [5.41, 5.74) is 0.727. The summed E-state index contributed by atoms with van der Waals surface area (Å²) in [5.74, 6) is -0.243. The smallest absolute Gasteiger partial charge is 0.124 e. The average molecular weight is 304 g/mol. The second-order valence-corrected chi connectivity index (χ2v) is 5.69. The summed E-state index contributed by atoms with van der Waals surface area (Å²) < 4.78 is 19.1. The maximum absolute atomic E-state index is 12.9. The minimum Gasteiger partial charge on any atom is -0.382 e. The van der Waals surface area contributed by atoms with E-state index in [9.17, 15) is 4.39 Å². The molecular formula is C13H19BrFNO. The van der Waals surface area contributed by atoms with Crippen LogP contribution in [0.25, 0.3) is 0 Å². The average Bonchev–Trinajstić information content (AvgIpc) is 2.21. The molecule has 0 fully saturated rings. The minimum absolute atomic E-state index is 0.168. The third kappa shape index (κ3) is 4.64. The van der Waals surface area contributed by atoms with Crippen molar-refractivity contribution in [3.05, 3.63) is 28.5 Å². The maximum atomic E-state index is 12.9. The second-order valence-electron chi connectivity index (χ2n) is 4.84. The molecule has 1 rings (SSSR count). The van der Waals surface area contributed by atoms with E-state index in [0.717, 1.165) is 16.6 Å². The number of benzene rings is 1. The molecule has 2 nitrogen and oxygen atoms in total. The first kappa shape index (κ1) is 14.5. The summed E-state index contributed by atoms with van der Waals surface area (Å²) in [4.78, 5) is 0. The highest BCUT2D eigenvalue weighted by molar-refractivity contribution is 9.10. The number of methoxy groups -OCH3 is 1. The zero-order valence-corrected chi connectivity index (χ0v) is 12.3. The maximum Gasteiger partial charge on any atom is 0.124 e. The van der Waals surface area contributed by atoms with E-state index >= 15 is 0 Å². The largest absolute Gasteiger partial charge is 0.382 e. The van der Waals surface area contributed by atoms with E-state index in [-0.39, 0.29) is 17.5 Å². The molecule has 0 saturated heterocycles. The lowest BCUT2D eigenvalue weighted by atomic mass is 10.00. The monoisotopic (exact) mass is 303 g/mol. The molecule has 1 N–H and O–H groups in total. The fourth-order valence-corrected chi connectivity index (χ4v) is 2.21. The Labute approximate surface area is 111 Å². The van der Waals surface area contributed by atoms with Crippen molar-refractivity contribution in [3.63, 3.8) is 0 Å². The molecule has 0 amide bonds. The molecule has 96 valence electrons. The first-order chi connectivity index (χ1) is 7.84. The molecular weight excluding hydrogens is 285 g/mol. The second kappa shape index (κ2) is 5.83. The van der Waals surface area contributed by atoms with E-state index < -0.39 is 0 Å². The van der Waals surface area contributed by atoms with Gasteiger partial charge in [0.15, 0.2) is 0 Å². The Morgan fingerprint density at radius 1 is 1.47 bits per heavy atom. The van der Waals surface area contributed by atoms with Gasteiger partial charge in [0.05, 0.1) is 5.60 Å². The molecule has 0 radical (unpaired) electrons. The Balaban J connectivity index is 2.65. The van der Waals surface area contributed by atoms with Crippen LogP contribution in [0.1, 0.15) is 27.2 Å². The van der Waals surface area contributed by atoms with Crippen molar-refractivity contribution in [2.24, 2.45) is 0 Å². The lowest BCUT2D eigenvalue weighted by molar-refractivity contribution is 0.0128. The molecule has 1 aromatic carbocycles. The van der Waals surface area contributed by atoms with Crippen molar-refractivity contribution in [1.29, 1.82) is 0 Å². The number of anilines is 1. The Morgan fingerprint density at radius 3 is 2.65 bits per heavy atom. The SMILES string of the molecule is COC(C)(C)CC(C)Nc1ccc(F)cc1Br. The Hall–Kier alpha value is -0.610. The summed E-state index contributed by atoms with van der Waals surface area (Å²) in [6.45, 7) is 6.17. The molecule has 0 bridgehead atoms. The quantitative estimate of drug-likeness (QED) is 0.880. The molecule has 4 heteroatoms. The summed E-state index contributed by atoms with van der Waals surface area (Å²) >= 11 is 3.34. The summed E-state index contributed by atoms with van der Waals surface area (Å²) in [7, 11) is 1.71. The molecule has 1 atom stereocenters. The molecule has 0 aliphatic heterocycles. The molecule has 1 unspecified atom stereocenters. The van der Waals surface area contributed by atoms with Gasteiger partial charge in [-0.05, 0) is 61.3 Å². The predicted octanol–water partition coefficient (Wildman–Crippen LogP) is 4.20. The highest BCUT2D eigenvalue weighted by Gasteiger charge is 2.20. The third-order valence-electron chi connectivity index (χ3n) is 2.68. The van der Waals surface area contributed by atoms with Crippen LogP contribution in [0.4, 0.5) is 10.1 Å². The molecule has 1 aromatic rings. The topological polar surface area (TPSA) is 21.3 Å². The highest BCUT2D eigenvalue weighted by atomic mass is 79.9. The summed E-state index contributed by atoms with van der Waals surface area (Å²) in [5, 5.41) is 3.33. The lowest BCUT2D eigenvalue weighted by Crippen LogP contribution is -2.31. The number of hydrogen-bond acceptors (Lipinski definition) is 2. The molecule has 0 spiro atoms. The van der Waals surface area contributed by atoms with Crippen molar-refractivity contribution in [2.45, 2.75) is 38.8 Å². The van der Waals surface area contributed by atoms with Crippen LogP contribution in [0, 0.1) is 5.82 Å². The fourth-order valence-electron chi connectivity index (χ4n) is 1.74. The van der Waals surface area contributed by atoms with Crippen LogP contribution in [0.15, 0.2) is 22.7 Å². The van der Waals surface area contributed by atoms with Gasteiger partial charge in [0, 0.05) is 23.3 Å². The van der Waals surface area contributed by atoms with Crippen LogP contribution in [0.2, 0.25) is 0 Å². The van der Waals surface area contributed by atoms with Crippen molar-refractivity contribution >= 4 is 21.6 Å². The van der Waals surface area contributed by atoms with Gasteiger partial charge in [0.1, 0.15) is 5.82 Å². The van der Waals surface area contributed by atoms with Gasteiger partial charge in [-0.25, -0.2) is 4.39 Å². The predicted molar refractivity (Wildman–Crippen MR) is 72.9 cm³/mol. The molecule has 0 aromatic heterocycles. The highest BCUT2D eigenvalue weighted by Crippen LogP contribution is 2.25. The van der Waals surface area contributed by atoms with E-state index in [4.69, 9.17) is 4.74 Å². The number of ether oxygens (including phenoxy) is 1. The zero-order valence-electron chi connectivity index (χ0n) is 10.7. The summed E-state index contributed by atoms with van der Waals surface area (Å²) in [6.07, 6.45) is 0.868. The first-order valence-corrected chi connectivity index (χ1v) is 6.40. The van der Waals surface area contributed by atoms with Gasteiger partial charge in [-0.2, -0.15) is 0 Å². The van der Waals surface area contributed by atoms with Crippen LogP contribution >= 0.6 is 15.9 Å². The summed E-state index contributed by atoms with van der Waals surface area (Å²) in [6, 6.07) is 4.87. The van der Waals surface area contributed by atoms with Gasteiger partial charge in [0.25, 0.3) is 0 Å². The third-order valence-corrected chi connectivity index (χ3v) is 3.34. The Morgan fingerprint density at radius 2 is 2.12 bits per heavy atom. The lowest BCUT2D eigenvalue weighted by Gasteiger charge is -2.27. The standard InChI is InChI=1S/C13H19BrFNO/c1-9(8-13(2,3)17-4)16-12-6-5-10(15)7-11(12)14/h5-7,9,16H,8H2,1-4H3. The van der Waals surface area contributed by atoms with E-state index in [2.05, 4.69) is 28.2 Å². The van der Waals surface area contributed by atoms with Crippen molar-refractivity contribution in [2.75, 3.05) is 12.4 Å². The fraction of sp³-hybridized carbons (Fsp3) is 0.538. The molecule has 0 heterocycles. The molecule has 0 aliphatic rings. The van der Waals surface area contributed by atoms with Crippen molar-refractivity contribution < 1.29 is 9.13 Å². The first-order valence-electron chi connectivity index (χ1n) is 5.61. The van der Waals surface area contributed by atoms with Gasteiger partial charge in [-0.1, -0.05) is 0 Å². The van der Waals surface area contributed by atoms with E-state index in [0.29, 0.717) is 0 Å². The normalized spacial score (nSPS) is 13.5. The number of hydrogen-bond donors (Lipinski definition) is 1. The van der Waals surface area contributed by atoms with Crippen LogP contribution < -0.4 is 5.32 Å². The van der Waals surface area contributed by atoms with Crippen LogP contribution in [-0.4, -0.2) is 18.8 Å². The van der Waals surface area contributed by atoms with Crippen molar-refractivity contribution in [3.8, 4) is 0 Å². The van der Waals surface area contributed by atoms with Gasteiger partial charge in [0.2, 0.25) is 0 Å². The van der Waals surface area contributed by atoms with E-state index in [1.807, 2.05) is 13.8 Å². The van der Waals surface area contributed by atoms with Gasteiger partial charge >= 0.3 is 0 Å². The van der Waals surface area contributed by atoms with Crippen molar-refractivity contribution in [1.82, 2.24) is 0 Å². The number of rotatable bonds is 5.